The second kappa shape index (κ2) is 3.59. The molecule has 1 N–H and O–H groups in total. The molecule has 0 saturated carbocycles. The van der Waals surface area contributed by atoms with Gasteiger partial charge in [-0.05, 0) is 19.0 Å². The maximum Gasteiger partial charge on any atom is 0.122 e. The molecule has 1 fully saturated rings. The summed E-state index contributed by atoms with van der Waals surface area (Å²) in [6.45, 7) is 8.83. The van der Waals surface area contributed by atoms with Gasteiger partial charge in [0.05, 0.1) is 0 Å². The molecule has 3 nitrogen and oxygen atoms in total. The Morgan fingerprint density at radius 1 is 1.36 bits per heavy atom. The molecular formula is C10H17N3S. The highest BCUT2D eigenvalue weighted by molar-refractivity contribution is 7.11. The van der Waals surface area contributed by atoms with Crippen molar-refractivity contribution in [2.75, 3.05) is 13.1 Å². The Morgan fingerprint density at radius 3 is 2.50 bits per heavy atom. The lowest BCUT2D eigenvalue weighted by Gasteiger charge is -2.25. The maximum absolute atomic E-state index is 4.25. The summed E-state index contributed by atoms with van der Waals surface area (Å²) in [5, 5.41) is 14.1. The smallest absolute Gasteiger partial charge is 0.122 e. The molecular weight excluding hydrogens is 194 g/mol. The lowest BCUT2D eigenvalue weighted by atomic mass is 9.98. The van der Waals surface area contributed by atoms with Crippen LogP contribution in [-0.2, 0) is 11.8 Å². The van der Waals surface area contributed by atoms with E-state index in [1.807, 2.05) is 0 Å². The van der Waals surface area contributed by atoms with Gasteiger partial charge < -0.3 is 5.32 Å². The molecule has 1 aromatic heterocycles. The van der Waals surface area contributed by atoms with E-state index >= 15 is 0 Å². The average Bonchev–Trinajstić information content (AvgIpc) is 2.43. The predicted octanol–water partition coefficient (Wildman–Crippen LogP) is 1.60. The Labute approximate surface area is 88.9 Å². The molecule has 4 heteroatoms. The van der Waals surface area contributed by atoms with Crippen molar-refractivity contribution in [1.29, 1.82) is 0 Å². The van der Waals surface area contributed by atoms with E-state index < -0.39 is 0 Å². The van der Waals surface area contributed by atoms with E-state index in [0.717, 1.165) is 30.4 Å². The number of rotatable bonds is 2. The molecule has 0 radical (unpaired) electrons. The van der Waals surface area contributed by atoms with E-state index in [1.54, 1.807) is 11.3 Å². The number of nitrogens with zero attached hydrogens (tertiary/aromatic N) is 2. The zero-order valence-corrected chi connectivity index (χ0v) is 9.82. The van der Waals surface area contributed by atoms with Crippen LogP contribution in [0.25, 0.3) is 0 Å². The quantitative estimate of drug-likeness (QED) is 0.807. The van der Waals surface area contributed by atoms with Crippen molar-refractivity contribution in [3.05, 3.63) is 10.0 Å². The van der Waals surface area contributed by atoms with Crippen LogP contribution in [0.4, 0.5) is 0 Å². The average molecular weight is 211 g/mol. The summed E-state index contributed by atoms with van der Waals surface area (Å²) in [7, 11) is 0. The first-order valence-corrected chi connectivity index (χ1v) is 5.91. The molecule has 0 atom stereocenters. The Morgan fingerprint density at radius 2 is 2.07 bits per heavy atom. The van der Waals surface area contributed by atoms with E-state index in [0.29, 0.717) is 0 Å². The largest absolute Gasteiger partial charge is 0.316 e. The minimum absolute atomic E-state index is 0.147. The van der Waals surface area contributed by atoms with Crippen molar-refractivity contribution in [3.8, 4) is 0 Å². The van der Waals surface area contributed by atoms with Crippen LogP contribution in [0.5, 0.6) is 0 Å². The standard InChI is InChI=1S/C10H17N3S/c1-10(2,3)9-13-12-8(14-9)4-7-5-11-6-7/h7,11H,4-6H2,1-3H3. The fraction of sp³-hybridized carbons (Fsp3) is 0.800. The highest BCUT2D eigenvalue weighted by atomic mass is 32.1. The van der Waals surface area contributed by atoms with Crippen LogP contribution in [0.1, 0.15) is 30.8 Å². The summed E-state index contributed by atoms with van der Waals surface area (Å²) in [6, 6.07) is 0. The van der Waals surface area contributed by atoms with Gasteiger partial charge in [-0.15, -0.1) is 21.5 Å². The number of hydrogen-bond donors (Lipinski definition) is 1. The highest BCUT2D eigenvalue weighted by Crippen LogP contribution is 2.26. The second-order valence-corrected chi connectivity index (χ2v) is 6.04. The van der Waals surface area contributed by atoms with Crippen LogP contribution in [-0.4, -0.2) is 23.3 Å². The van der Waals surface area contributed by atoms with E-state index in [4.69, 9.17) is 0 Å². The second-order valence-electron chi connectivity index (χ2n) is 4.98. The van der Waals surface area contributed by atoms with E-state index in [-0.39, 0.29) is 5.41 Å². The minimum atomic E-state index is 0.147. The van der Waals surface area contributed by atoms with Gasteiger partial charge in [0.1, 0.15) is 10.0 Å². The Balaban J connectivity index is 2.02. The summed E-state index contributed by atoms with van der Waals surface area (Å²) >= 11 is 1.77. The van der Waals surface area contributed by atoms with Gasteiger partial charge >= 0.3 is 0 Å². The zero-order valence-electron chi connectivity index (χ0n) is 9.00. The summed E-state index contributed by atoms with van der Waals surface area (Å²) in [6.07, 6.45) is 1.10. The maximum atomic E-state index is 4.25. The van der Waals surface area contributed by atoms with Crippen LogP contribution < -0.4 is 5.32 Å². The van der Waals surface area contributed by atoms with E-state index in [9.17, 15) is 0 Å². The van der Waals surface area contributed by atoms with E-state index in [1.165, 1.54) is 5.01 Å². The molecule has 1 aromatic rings. The molecule has 1 aliphatic rings. The summed E-state index contributed by atoms with van der Waals surface area (Å²) in [5.41, 5.74) is 0.147. The summed E-state index contributed by atoms with van der Waals surface area (Å²) in [5.74, 6) is 0.788. The molecule has 78 valence electrons. The molecule has 1 saturated heterocycles. The molecule has 0 unspecified atom stereocenters. The topological polar surface area (TPSA) is 37.8 Å². The number of nitrogens with one attached hydrogen (secondary N) is 1. The number of aromatic nitrogens is 2. The third kappa shape index (κ3) is 2.12. The molecule has 2 heterocycles. The van der Waals surface area contributed by atoms with Crippen molar-refractivity contribution in [1.82, 2.24) is 15.5 Å². The van der Waals surface area contributed by atoms with Crippen LogP contribution in [0.3, 0.4) is 0 Å². The van der Waals surface area contributed by atoms with Crippen molar-refractivity contribution >= 4 is 11.3 Å². The molecule has 0 amide bonds. The monoisotopic (exact) mass is 211 g/mol. The van der Waals surface area contributed by atoms with Crippen molar-refractivity contribution < 1.29 is 0 Å². The van der Waals surface area contributed by atoms with E-state index in [2.05, 4.69) is 36.3 Å². The van der Waals surface area contributed by atoms with Crippen LogP contribution in [0.2, 0.25) is 0 Å². The molecule has 0 aromatic carbocycles. The minimum Gasteiger partial charge on any atom is -0.316 e. The first-order valence-electron chi connectivity index (χ1n) is 5.09. The van der Waals surface area contributed by atoms with Gasteiger partial charge in [-0.25, -0.2) is 0 Å². The molecule has 2 rings (SSSR count). The molecule has 0 spiro atoms. The normalized spacial score (nSPS) is 18.2. The van der Waals surface area contributed by atoms with Gasteiger partial charge in [0, 0.05) is 11.8 Å². The van der Waals surface area contributed by atoms with Gasteiger partial charge in [-0.2, -0.15) is 0 Å². The van der Waals surface area contributed by atoms with Crippen LogP contribution in [0, 0.1) is 5.92 Å². The lowest BCUT2D eigenvalue weighted by Crippen LogP contribution is -2.43. The Hall–Kier alpha value is -0.480. The fourth-order valence-corrected chi connectivity index (χ4v) is 2.39. The van der Waals surface area contributed by atoms with Crippen molar-refractivity contribution in [2.45, 2.75) is 32.6 Å². The Bertz CT molecular complexity index is 309. The predicted molar refractivity (Wildman–Crippen MR) is 58.7 cm³/mol. The zero-order chi connectivity index (χ0) is 10.2. The number of hydrogen-bond acceptors (Lipinski definition) is 4. The first-order chi connectivity index (χ1) is 6.55. The van der Waals surface area contributed by atoms with Gasteiger partial charge in [0.2, 0.25) is 0 Å². The third-order valence-electron chi connectivity index (χ3n) is 2.44. The van der Waals surface area contributed by atoms with Crippen LogP contribution in [0.15, 0.2) is 0 Å². The van der Waals surface area contributed by atoms with Crippen molar-refractivity contribution in [3.63, 3.8) is 0 Å². The molecule has 14 heavy (non-hydrogen) atoms. The molecule has 0 bridgehead atoms. The van der Waals surface area contributed by atoms with Gasteiger partial charge in [-0.1, -0.05) is 20.8 Å². The summed E-state index contributed by atoms with van der Waals surface area (Å²) < 4.78 is 0. The molecule has 0 aliphatic carbocycles. The first kappa shape index (κ1) is 10.1. The summed E-state index contributed by atoms with van der Waals surface area (Å²) in [4.78, 5) is 0. The lowest BCUT2D eigenvalue weighted by molar-refractivity contribution is 0.345. The van der Waals surface area contributed by atoms with Crippen LogP contribution >= 0.6 is 11.3 Å². The van der Waals surface area contributed by atoms with Gasteiger partial charge in [0.25, 0.3) is 0 Å². The van der Waals surface area contributed by atoms with Gasteiger partial charge in [-0.3, -0.25) is 0 Å². The van der Waals surface area contributed by atoms with Crippen molar-refractivity contribution in [2.24, 2.45) is 5.92 Å². The third-order valence-corrected chi connectivity index (χ3v) is 3.81. The SMILES string of the molecule is CC(C)(C)c1nnc(CC2CNC2)s1. The van der Waals surface area contributed by atoms with Gasteiger partial charge in [0.15, 0.2) is 0 Å². The highest BCUT2D eigenvalue weighted by Gasteiger charge is 2.22. The Kier molecular flexibility index (Phi) is 2.58. The fourth-order valence-electron chi connectivity index (χ4n) is 1.38. The molecule has 1 aliphatic heterocycles.